The van der Waals surface area contributed by atoms with Crippen molar-refractivity contribution in [3.05, 3.63) is 0 Å². The summed E-state index contributed by atoms with van der Waals surface area (Å²) in [7, 11) is 0. The molecule has 1 fully saturated rings. The zero-order chi connectivity index (χ0) is 11.3. The molecule has 0 bridgehead atoms. The van der Waals surface area contributed by atoms with Crippen molar-refractivity contribution in [1.82, 2.24) is 15.5 Å². The largest absolute Gasteiger partial charge is 0.362 e. The fourth-order valence-corrected chi connectivity index (χ4v) is 2.24. The highest BCUT2D eigenvalue weighted by molar-refractivity contribution is 7.80. The van der Waals surface area contributed by atoms with Crippen molar-refractivity contribution in [2.24, 2.45) is 5.92 Å². The second-order valence-corrected chi connectivity index (χ2v) is 4.97. The average Bonchev–Trinajstić information content (AvgIpc) is 2.61. The van der Waals surface area contributed by atoms with E-state index in [2.05, 4.69) is 36.3 Å². The van der Waals surface area contributed by atoms with Crippen molar-refractivity contribution < 1.29 is 0 Å². The summed E-state index contributed by atoms with van der Waals surface area (Å²) in [6.45, 7) is 11.1. The Morgan fingerprint density at radius 3 is 2.80 bits per heavy atom. The van der Waals surface area contributed by atoms with Gasteiger partial charge in [0.2, 0.25) is 0 Å². The first-order chi connectivity index (χ1) is 7.11. The summed E-state index contributed by atoms with van der Waals surface area (Å²) in [6.07, 6.45) is 1.30. The standard InChI is InChI=1S/C11H23N3S/c1-4-14-6-5-10(8-14)7-12-11(15)13-9(2)3/h9-10H,4-8H2,1-3H3,(H2,12,13,15). The van der Waals surface area contributed by atoms with Gasteiger partial charge in [-0.3, -0.25) is 0 Å². The zero-order valence-corrected chi connectivity index (χ0v) is 10.9. The van der Waals surface area contributed by atoms with Gasteiger partial charge in [-0.1, -0.05) is 6.92 Å². The first kappa shape index (κ1) is 12.7. The Hall–Kier alpha value is -0.350. The van der Waals surface area contributed by atoms with Crippen molar-refractivity contribution in [3.8, 4) is 0 Å². The minimum atomic E-state index is 0.417. The molecular formula is C11H23N3S. The van der Waals surface area contributed by atoms with Gasteiger partial charge in [0.1, 0.15) is 0 Å². The van der Waals surface area contributed by atoms with E-state index in [1.807, 2.05) is 0 Å². The Balaban J connectivity index is 2.13. The van der Waals surface area contributed by atoms with E-state index < -0.39 is 0 Å². The lowest BCUT2D eigenvalue weighted by atomic mass is 10.1. The molecule has 15 heavy (non-hydrogen) atoms. The summed E-state index contributed by atoms with van der Waals surface area (Å²) in [6, 6.07) is 0.417. The van der Waals surface area contributed by atoms with Crippen molar-refractivity contribution in [1.29, 1.82) is 0 Å². The van der Waals surface area contributed by atoms with Crippen LogP contribution in [0.1, 0.15) is 27.2 Å². The predicted molar refractivity (Wildman–Crippen MR) is 69.1 cm³/mol. The Bertz CT molecular complexity index is 206. The van der Waals surface area contributed by atoms with Gasteiger partial charge in [0.25, 0.3) is 0 Å². The minimum absolute atomic E-state index is 0.417. The van der Waals surface area contributed by atoms with Crippen LogP contribution in [0, 0.1) is 5.92 Å². The third-order valence-corrected chi connectivity index (χ3v) is 3.05. The van der Waals surface area contributed by atoms with Crippen LogP contribution in [-0.4, -0.2) is 42.2 Å². The van der Waals surface area contributed by atoms with E-state index >= 15 is 0 Å². The summed E-state index contributed by atoms with van der Waals surface area (Å²) < 4.78 is 0. The molecule has 3 nitrogen and oxygen atoms in total. The topological polar surface area (TPSA) is 27.3 Å². The lowest BCUT2D eigenvalue weighted by molar-refractivity contribution is 0.342. The molecule has 1 unspecified atom stereocenters. The molecule has 0 aromatic rings. The van der Waals surface area contributed by atoms with Crippen LogP contribution in [0.5, 0.6) is 0 Å². The molecule has 1 aliphatic rings. The first-order valence-corrected chi connectivity index (χ1v) is 6.29. The number of thiocarbonyl (C=S) groups is 1. The van der Waals surface area contributed by atoms with Crippen molar-refractivity contribution >= 4 is 17.3 Å². The van der Waals surface area contributed by atoms with Crippen LogP contribution in [0.3, 0.4) is 0 Å². The van der Waals surface area contributed by atoms with E-state index in [9.17, 15) is 0 Å². The highest BCUT2D eigenvalue weighted by atomic mass is 32.1. The van der Waals surface area contributed by atoms with E-state index in [0.29, 0.717) is 6.04 Å². The molecule has 88 valence electrons. The first-order valence-electron chi connectivity index (χ1n) is 5.88. The van der Waals surface area contributed by atoms with Crippen LogP contribution in [0.25, 0.3) is 0 Å². The third kappa shape index (κ3) is 4.80. The molecule has 1 rings (SSSR count). The zero-order valence-electron chi connectivity index (χ0n) is 10.0. The van der Waals surface area contributed by atoms with Gasteiger partial charge in [0.15, 0.2) is 5.11 Å². The van der Waals surface area contributed by atoms with Gasteiger partial charge >= 0.3 is 0 Å². The quantitative estimate of drug-likeness (QED) is 0.709. The molecule has 0 spiro atoms. The van der Waals surface area contributed by atoms with Gasteiger partial charge in [-0.2, -0.15) is 0 Å². The second-order valence-electron chi connectivity index (χ2n) is 4.56. The van der Waals surface area contributed by atoms with Crippen LogP contribution >= 0.6 is 12.2 Å². The fraction of sp³-hybridized carbons (Fsp3) is 0.909. The number of hydrogen-bond donors (Lipinski definition) is 2. The summed E-state index contributed by atoms with van der Waals surface area (Å²) in [4.78, 5) is 2.49. The summed E-state index contributed by atoms with van der Waals surface area (Å²) in [5.74, 6) is 0.761. The van der Waals surface area contributed by atoms with Crippen LogP contribution in [0.4, 0.5) is 0 Å². The smallest absolute Gasteiger partial charge is 0.166 e. The number of rotatable bonds is 4. The Morgan fingerprint density at radius 2 is 2.27 bits per heavy atom. The molecule has 0 aromatic carbocycles. The molecule has 2 N–H and O–H groups in total. The average molecular weight is 229 g/mol. The van der Waals surface area contributed by atoms with Crippen LogP contribution in [-0.2, 0) is 0 Å². The molecule has 1 atom stereocenters. The highest BCUT2D eigenvalue weighted by Crippen LogP contribution is 2.14. The third-order valence-electron chi connectivity index (χ3n) is 2.79. The Labute approximate surface area is 98.6 Å². The summed E-state index contributed by atoms with van der Waals surface area (Å²) in [5.41, 5.74) is 0. The SMILES string of the molecule is CCN1CCC(CNC(=S)NC(C)C)C1. The minimum Gasteiger partial charge on any atom is -0.362 e. The maximum absolute atomic E-state index is 5.19. The van der Waals surface area contributed by atoms with Gasteiger partial charge in [-0.05, 0) is 51.5 Å². The molecule has 1 saturated heterocycles. The lowest BCUT2D eigenvalue weighted by Gasteiger charge is -2.16. The van der Waals surface area contributed by atoms with Crippen molar-refractivity contribution in [2.45, 2.75) is 33.2 Å². The Morgan fingerprint density at radius 1 is 1.53 bits per heavy atom. The second kappa shape index (κ2) is 6.28. The summed E-state index contributed by atoms with van der Waals surface area (Å²) in [5, 5.41) is 7.28. The van der Waals surface area contributed by atoms with Crippen molar-refractivity contribution in [2.75, 3.05) is 26.2 Å². The maximum atomic E-state index is 5.19. The van der Waals surface area contributed by atoms with E-state index in [0.717, 1.165) is 17.6 Å². The molecule has 1 aliphatic heterocycles. The molecule has 0 saturated carbocycles. The molecular weight excluding hydrogens is 206 g/mol. The van der Waals surface area contributed by atoms with Gasteiger partial charge < -0.3 is 15.5 Å². The van der Waals surface area contributed by atoms with Gasteiger partial charge in [-0.25, -0.2) is 0 Å². The Kier molecular flexibility index (Phi) is 5.32. The molecule has 1 heterocycles. The van der Waals surface area contributed by atoms with Crippen LogP contribution < -0.4 is 10.6 Å². The lowest BCUT2D eigenvalue weighted by Crippen LogP contribution is -2.41. The molecule has 4 heteroatoms. The van der Waals surface area contributed by atoms with E-state index in [1.165, 1.54) is 26.1 Å². The van der Waals surface area contributed by atoms with Crippen LogP contribution in [0.15, 0.2) is 0 Å². The monoisotopic (exact) mass is 229 g/mol. The number of hydrogen-bond acceptors (Lipinski definition) is 2. The number of nitrogens with one attached hydrogen (secondary N) is 2. The van der Waals surface area contributed by atoms with Gasteiger partial charge in [0.05, 0.1) is 0 Å². The maximum Gasteiger partial charge on any atom is 0.166 e. The number of nitrogens with zero attached hydrogens (tertiary/aromatic N) is 1. The summed E-state index contributed by atoms with van der Waals surface area (Å²) >= 11 is 5.19. The molecule has 0 radical (unpaired) electrons. The normalized spacial score (nSPS) is 22.0. The van der Waals surface area contributed by atoms with Crippen LogP contribution in [0.2, 0.25) is 0 Å². The molecule has 0 aromatic heterocycles. The van der Waals surface area contributed by atoms with E-state index in [4.69, 9.17) is 12.2 Å². The van der Waals surface area contributed by atoms with E-state index in [-0.39, 0.29) is 0 Å². The van der Waals surface area contributed by atoms with Gasteiger partial charge in [0, 0.05) is 19.1 Å². The predicted octanol–water partition coefficient (Wildman–Crippen LogP) is 1.20. The number of likely N-dealkylation sites (tertiary alicyclic amines) is 1. The highest BCUT2D eigenvalue weighted by Gasteiger charge is 2.20. The molecule has 0 amide bonds. The van der Waals surface area contributed by atoms with Crippen molar-refractivity contribution in [3.63, 3.8) is 0 Å². The van der Waals surface area contributed by atoms with E-state index in [1.54, 1.807) is 0 Å². The molecule has 0 aliphatic carbocycles. The fourth-order valence-electron chi connectivity index (χ4n) is 1.92. The van der Waals surface area contributed by atoms with Gasteiger partial charge in [-0.15, -0.1) is 0 Å².